The van der Waals surface area contributed by atoms with Crippen LogP contribution in [0.2, 0.25) is 5.02 Å². The Morgan fingerprint density at radius 3 is 2.94 bits per heavy atom. The highest BCUT2D eigenvalue weighted by molar-refractivity contribution is 6.32. The first-order chi connectivity index (χ1) is 7.70. The van der Waals surface area contributed by atoms with E-state index in [1.54, 1.807) is 12.1 Å². The van der Waals surface area contributed by atoms with Gasteiger partial charge in [-0.2, -0.15) is 9.97 Å². The van der Waals surface area contributed by atoms with Crippen LogP contribution in [0, 0.1) is 0 Å². The Morgan fingerprint density at radius 2 is 2.25 bits per heavy atom. The second-order valence-corrected chi connectivity index (χ2v) is 3.21. The molecular weight excluding hydrogens is 232 g/mol. The fraction of sp³-hybridized carbons (Fsp3) is 0. The van der Waals surface area contributed by atoms with E-state index in [1.165, 1.54) is 6.20 Å². The summed E-state index contributed by atoms with van der Waals surface area (Å²) in [5, 5.41) is 0.375. The summed E-state index contributed by atoms with van der Waals surface area (Å²) >= 11 is 5.91. The molecule has 2 rings (SSSR count). The third-order valence-electron chi connectivity index (χ3n) is 1.76. The average Bonchev–Trinajstić information content (AvgIpc) is 2.28. The molecule has 2 heterocycles. The Bertz CT molecular complexity index is 568. The van der Waals surface area contributed by atoms with Crippen molar-refractivity contribution >= 4 is 17.5 Å². The number of H-pyrrole nitrogens is 1. The molecule has 0 aromatic carbocycles. The number of nitrogens with zero attached hydrogens (tertiary/aromatic N) is 3. The minimum Gasteiger partial charge on any atom is -0.292 e. The van der Waals surface area contributed by atoms with Crippen LogP contribution in [0.1, 0.15) is 0 Å². The molecule has 0 aliphatic rings. The monoisotopic (exact) mass is 238 g/mol. The first kappa shape index (κ1) is 10.5. The predicted molar refractivity (Wildman–Crippen MR) is 58.7 cm³/mol. The van der Waals surface area contributed by atoms with Gasteiger partial charge < -0.3 is 0 Å². The van der Waals surface area contributed by atoms with Crippen molar-refractivity contribution < 1.29 is 0 Å². The van der Waals surface area contributed by atoms with Crippen molar-refractivity contribution in [2.24, 2.45) is 5.84 Å². The van der Waals surface area contributed by atoms with Crippen molar-refractivity contribution in [2.75, 3.05) is 5.43 Å². The van der Waals surface area contributed by atoms with E-state index in [2.05, 4.69) is 25.4 Å². The van der Waals surface area contributed by atoms with E-state index in [1.807, 2.05) is 0 Å². The molecule has 0 radical (unpaired) electrons. The van der Waals surface area contributed by atoms with Crippen LogP contribution in [-0.4, -0.2) is 19.9 Å². The fourth-order valence-electron chi connectivity index (χ4n) is 1.12. The molecule has 4 N–H and O–H groups in total. The van der Waals surface area contributed by atoms with Crippen LogP contribution >= 0.6 is 11.6 Å². The molecule has 7 nitrogen and oxygen atoms in total. The van der Waals surface area contributed by atoms with Gasteiger partial charge in [0.2, 0.25) is 5.95 Å². The molecule has 0 bridgehead atoms. The molecule has 8 heteroatoms. The van der Waals surface area contributed by atoms with Gasteiger partial charge in [-0.15, -0.1) is 0 Å². The maximum Gasteiger partial charge on any atom is 0.349 e. The summed E-state index contributed by atoms with van der Waals surface area (Å²) in [6, 6.07) is 3.31. The number of pyridine rings is 1. The van der Waals surface area contributed by atoms with E-state index in [9.17, 15) is 4.79 Å². The number of nitrogens with two attached hydrogens (primary N) is 1. The standard InChI is InChI=1S/C8H7ClN6O/c9-4-2-1-3-11-5(4)6-12-7(15-10)14-8(16)13-6/h1-3H,10H2,(H2,12,13,14,15,16). The molecule has 0 saturated carbocycles. The predicted octanol–water partition coefficient (Wildman–Crippen LogP) is 0.166. The lowest BCUT2D eigenvalue weighted by Crippen LogP contribution is -2.20. The van der Waals surface area contributed by atoms with Gasteiger partial charge in [-0.3, -0.25) is 15.4 Å². The molecule has 2 aromatic rings. The van der Waals surface area contributed by atoms with Crippen molar-refractivity contribution in [2.45, 2.75) is 0 Å². The first-order valence-corrected chi connectivity index (χ1v) is 4.64. The highest BCUT2D eigenvalue weighted by atomic mass is 35.5. The van der Waals surface area contributed by atoms with Crippen molar-refractivity contribution in [1.82, 2.24) is 19.9 Å². The SMILES string of the molecule is NNc1nc(-c2ncccc2Cl)[nH]c(=O)n1. The molecule has 0 unspecified atom stereocenters. The highest BCUT2D eigenvalue weighted by Crippen LogP contribution is 2.20. The van der Waals surface area contributed by atoms with Gasteiger partial charge in [0, 0.05) is 6.20 Å². The summed E-state index contributed by atoms with van der Waals surface area (Å²) in [5.41, 5.74) is 1.96. The van der Waals surface area contributed by atoms with Crippen LogP contribution in [0.15, 0.2) is 23.1 Å². The van der Waals surface area contributed by atoms with Crippen LogP contribution in [0.5, 0.6) is 0 Å². The van der Waals surface area contributed by atoms with E-state index in [0.29, 0.717) is 10.7 Å². The van der Waals surface area contributed by atoms with E-state index in [4.69, 9.17) is 17.4 Å². The van der Waals surface area contributed by atoms with Crippen molar-refractivity contribution in [1.29, 1.82) is 0 Å². The summed E-state index contributed by atoms with van der Waals surface area (Å²) in [6.45, 7) is 0. The highest BCUT2D eigenvalue weighted by Gasteiger charge is 2.08. The Balaban J connectivity index is 2.60. The van der Waals surface area contributed by atoms with E-state index in [0.717, 1.165) is 0 Å². The largest absolute Gasteiger partial charge is 0.349 e. The summed E-state index contributed by atoms with van der Waals surface area (Å²) in [5.74, 6) is 5.33. The van der Waals surface area contributed by atoms with Crippen molar-refractivity contribution in [3.05, 3.63) is 33.8 Å². The van der Waals surface area contributed by atoms with Gasteiger partial charge in [0.1, 0.15) is 5.69 Å². The molecule has 0 atom stereocenters. The van der Waals surface area contributed by atoms with Crippen molar-refractivity contribution in [3.8, 4) is 11.5 Å². The molecular formula is C8H7ClN6O. The smallest absolute Gasteiger partial charge is 0.292 e. The number of nitrogens with one attached hydrogen (secondary N) is 2. The van der Waals surface area contributed by atoms with Gasteiger partial charge in [-0.25, -0.2) is 10.6 Å². The van der Waals surface area contributed by atoms with Crippen LogP contribution in [0.25, 0.3) is 11.5 Å². The van der Waals surface area contributed by atoms with E-state index in [-0.39, 0.29) is 11.8 Å². The first-order valence-electron chi connectivity index (χ1n) is 4.26. The molecule has 0 aliphatic heterocycles. The third-order valence-corrected chi connectivity index (χ3v) is 2.07. The second-order valence-electron chi connectivity index (χ2n) is 2.80. The van der Waals surface area contributed by atoms with Crippen LogP contribution < -0.4 is 17.0 Å². The fourth-order valence-corrected chi connectivity index (χ4v) is 1.33. The summed E-state index contributed by atoms with van der Waals surface area (Å²) < 4.78 is 0. The van der Waals surface area contributed by atoms with Crippen molar-refractivity contribution in [3.63, 3.8) is 0 Å². The number of hydrogen-bond donors (Lipinski definition) is 3. The summed E-state index contributed by atoms with van der Waals surface area (Å²) in [4.78, 5) is 25.0. The molecule has 2 aromatic heterocycles. The third kappa shape index (κ3) is 2.00. The zero-order chi connectivity index (χ0) is 11.5. The quantitative estimate of drug-likeness (QED) is 0.508. The number of anilines is 1. The molecule has 0 fully saturated rings. The minimum absolute atomic E-state index is 0.000435. The summed E-state index contributed by atoms with van der Waals surface area (Å²) in [6.07, 6.45) is 1.54. The zero-order valence-corrected chi connectivity index (χ0v) is 8.69. The molecule has 0 aliphatic carbocycles. The lowest BCUT2D eigenvalue weighted by Gasteiger charge is -2.03. The van der Waals surface area contributed by atoms with Gasteiger partial charge in [0.05, 0.1) is 5.02 Å². The Hall–Kier alpha value is -1.99. The number of aromatic amines is 1. The number of halogens is 1. The lowest BCUT2D eigenvalue weighted by atomic mass is 10.3. The zero-order valence-electron chi connectivity index (χ0n) is 7.94. The molecule has 0 amide bonds. The molecule has 82 valence electrons. The van der Waals surface area contributed by atoms with Gasteiger partial charge >= 0.3 is 5.69 Å². The number of aromatic nitrogens is 4. The lowest BCUT2D eigenvalue weighted by molar-refractivity contribution is 0.977. The average molecular weight is 239 g/mol. The number of hydrogen-bond acceptors (Lipinski definition) is 6. The number of hydrazine groups is 1. The van der Waals surface area contributed by atoms with Gasteiger partial charge in [-0.1, -0.05) is 11.6 Å². The molecule has 0 spiro atoms. The molecule has 16 heavy (non-hydrogen) atoms. The minimum atomic E-state index is -0.584. The Labute approximate surface area is 94.7 Å². The Morgan fingerprint density at radius 1 is 1.44 bits per heavy atom. The maximum atomic E-state index is 11.2. The van der Waals surface area contributed by atoms with E-state index < -0.39 is 5.69 Å². The topological polar surface area (TPSA) is 110 Å². The number of rotatable bonds is 2. The number of nitrogen functional groups attached to an aromatic ring is 1. The van der Waals surface area contributed by atoms with Gasteiger partial charge in [-0.05, 0) is 12.1 Å². The Kier molecular flexibility index (Phi) is 2.80. The van der Waals surface area contributed by atoms with Gasteiger partial charge in [0.15, 0.2) is 5.82 Å². The second kappa shape index (κ2) is 4.25. The molecule has 0 saturated heterocycles. The van der Waals surface area contributed by atoms with Crippen LogP contribution in [0.4, 0.5) is 5.95 Å². The normalized spacial score (nSPS) is 10.1. The van der Waals surface area contributed by atoms with E-state index >= 15 is 0 Å². The van der Waals surface area contributed by atoms with Gasteiger partial charge in [0.25, 0.3) is 0 Å². The van der Waals surface area contributed by atoms with Crippen LogP contribution in [-0.2, 0) is 0 Å². The maximum absolute atomic E-state index is 11.2. The summed E-state index contributed by atoms with van der Waals surface area (Å²) in [7, 11) is 0. The van der Waals surface area contributed by atoms with Crippen LogP contribution in [0.3, 0.4) is 0 Å².